The second-order valence-corrected chi connectivity index (χ2v) is 7.35. The highest BCUT2D eigenvalue weighted by molar-refractivity contribution is 9.11. The third kappa shape index (κ3) is 2.70. The first-order chi connectivity index (χ1) is 7.58. The zero-order valence-electron chi connectivity index (χ0n) is 8.51. The maximum atomic E-state index is 6.48. The van der Waals surface area contributed by atoms with Crippen LogP contribution in [-0.2, 0) is 0 Å². The first-order valence-corrected chi connectivity index (χ1v) is 7.57. The van der Waals surface area contributed by atoms with Crippen LogP contribution in [0.2, 0.25) is 0 Å². The molecule has 0 spiro atoms. The molecule has 0 N–H and O–H groups in total. The van der Waals surface area contributed by atoms with Crippen LogP contribution < -0.4 is 0 Å². The van der Waals surface area contributed by atoms with E-state index >= 15 is 0 Å². The SMILES string of the molecule is Cc1cc(Br)ccc1C(Cl)c1ccc(Br)s1. The lowest BCUT2D eigenvalue weighted by molar-refractivity contribution is 1.14. The summed E-state index contributed by atoms with van der Waals surface area (Å²) in [6.07, 6.45) is 0. The fourth-order valence-electron chi connectivity index (χ4n) is 1.54. The summed E-state index contributed by atoms with van der Waals surface area (Å²) in [6, 6.07) is 10.3. The number of halogens is 3. The van der Waals surface area contributed by atoms with E-state index in [9.17, 15) is 0 Å². The molecule has 0 radical (unpaired) electrons. The van der Waals surface area contributed by atoms with Crippen molar-refractivity contribution in [2.75, 3.05) is 0 Å². The minimum absolute atomic E-state index is 0.0654. The van der Waals surface area contributed by atoms with Gasteiger partial charge in [0.05, 0.1) is 9.16 Å². The number of aryl methyl sites for hydroxylation is 1. The van der Waals surface area contributed by atoms with Crippen LogP contribution in [0.1, 0.15) is 21.4 Å². The van der Waals surface area contributed by atoms with Gasteiger partial charge in [0.25, 0.3) is 0 Å². The van der Waals surface area contributed by atoms with Crippen molar-refractivity contribution in [1.29, 1.82) is 0 Å². The van der Waals surface area contributed by atoms with Crippen LogP contribution in [0.15, 0.2) is 38.6 Å². The van der Waals surface area contributed by atoms with Gasteiger partial charge in [-0.3, -0.25) is 0 Å². The van der Waals surface area contributed by atoms with Gasteiger partial charge in [0.15, 0.2) is 0 Å². The molecule has 0 amide bonds. The van der Waals surface area contributed by atoms with Gasteiger partial charge in [-0.05, 0) is 58.2 Å². The number of alkyl halides is 1. The van der Waals surface area contributed by atoms with Gasteiger partial charge in [-0.2, -0.15) is 0 Å². The van der Waals surface area contributed by atoms with Crippen LogP contribution in [0.25, 0.3) is 0 Å². The zero-order chi connectivity index (χ0) is 11.7. The standard InChI is InChI=1S/C12H9Br2ClS/c1-7-6-8(13)2-3-9(7)12(15)10-4-5-11(14)16-10/h2-6,12H,1H3. The Labute approximate surface area is 121 Å². The molecule has 4 heteroatoms. The van der Waals surface area contributed by atoms with Gasteiger partial charge in [0, 0.05) is 9.35 Å². The average Bonchev–Trinajstić information content (AvgIpc) is 2.64. The van der Waals surface area contributed by atoms with Crippen molar-refractivity contribution in [1.82, 2.24) is 0 Å². The zero-order valence-corrected chi connectivity index (χ0v) is 13.3. The molecule has 1 aromatic heterocycles. The Morgan fingerprint density at radius 1 is 1.19 bits per heavy atom. The Morgan fingerprint density at radius 2 is 1.94 bits per heavy atom. The predicted octanol–water partition coefficient (Wildman–Crippen LogP) is 5.91. The second-order valence-electron chi connectivity index (χ2n) is 3.51. The molecule has 0 saturated heterocycles. The monoisotopic (exact) mass is 378 g/mol. The minimum atomic E-state index is -0.0654. The van der Waals surface area contributed by atoms with Gasteiger partial charge >= 0.3 is 0 Å². The number of hydrogen-bond acceptors (Lipinski definition) is 1. The van der Waals surface area contributed by atoms with Crippen molar-refractivity contribution in [3.8, 4) is 0 Å². The Morgan fingerprint density at radius 3 is 2.50 bits per heavy atom. The number of thiophene rings is 1. The van der Waals surface area contributed by atoms with Crippen molar-refractivity contribution in [3.63, 3.8) is 0 Å². The maximum absolute atomic E-state index is 6.48. The van der Waals surface area contributed by atoms with E-state index < -0.39 is 0 Å². The molecule has 0 aliphatic heterocycles. The van der Waals surface area contributed by atoms with Crippen molar-refractivity contribution in [2.24, 2.45) is 0 Å². The molecule has 2 rings (SSSR count). The van der Waals surface area contributed by atoms with Crippen LogP contribution in [0.3, 0.4) is 0 Å². The molecule has 1 unspecified atom stereocenters. The first kappa shape index (κ1) is 12.6. The molecule has 84 valence electrons. The number of rotatable bonds is 2. The van der Waals surface area contributed by atoms with Gasteiger partial charge in [0.1, 0.15) is 0 Å². The maximum Gasteiger partial charge on any atom is 0.0930 e. The molecule has 0 aliphatic rings. The molecule has 0 saturated carbocycles. The van der Waals surface area contributed by atoms with E-state index in [0.29, 0.717) is 0 Å². The highest BCUT2D eigenvalue weighted by Gasteiger charge is 2.15. The van der Waals surface area contributed by atoms with Gasteiger partial charge in [0.2, 0.25) is 0 Å². The molecule has 1 aromatic carbocycles. The predicted molar refractivity (Wildman–Crippen MR) is 78.6 cm³/mol. The summed E-state index contributed by atoms with van der Waals surface area (Å²) in [4.78, 5) is 1.17. The summed E-state index contributed by atoms with van der Waals surface area (Å²) >= 11 is 15.1. The van der Waals surface area contributed by atoms with Crippen molar-refractivity contribution in [2.45, 2.75) is 12.3 Å². The molecular weight excluding hydrogens is 371 g/mol. The molecule has 2 aromatic rings. The average molecular weight is 381 g/mol. The smallest absolute Gasteiger partial charge is 0.0930 e. The topological polar surface area (TPSA) is 0 Å². The molecule has 16 heavy (non-hydrogen) atoms. The summed E-state index contributed by atoms with van der Waals surface area (Å²) < 4.78 is 2.20. The van der Waals surface area contributed by atoms with Crippen LogP contribution in [0, 0.1) is 6.92 Å². The molecule has 1 atom stereocenters. The fourth-order valence-corrected chi connectivity index (χ4v) is 3.89. The third-order valence-electron chi connectivity index (χ3n) is 2.35. The molecular formula is C12H9Br2ClS. The van der Waals surface area contributed by atoms with Crippen molar-refractivity contribution >= 4 is 54.8 Å². The van der Waals surface area contributed by atoms with Crippen LogP contribution in [0.5, 0.6) is 0 Å². The quantitative estimate of drug-likeness (QED) is 0.568. The van der Waals surface area contributed by atoms with Gasteiger partial charge in [-0.15, -0.1) is 22.9 Å². The Balaban J connectivity index is 2.37. The van der Waals surface area contributed by atoms with Crippen molar-refractivity contribution < 1.29 is 0 Å². The van der Waals surface area contributed by atoms with Crippen LogP contribution in [0.4, 0.5) is 0 Å². The molecule has 0 bridgehead atoms. The van der Waals surface area contributed by atoms with E-state index in [1.165, 1.54) is 16.0 Å². The van der Waals surface area contributed by atoms with E-state index in [1.54, 1.807) is 11.3 Å². The van der Waals surface area contributed by atoms with Gasteiger partial charge < -0.3 is 0 Å². The summed E-state index contributed by atoms with van der Waals surface area (Å²) in [5, 5.41) is -0.0654. The Hall–Kier alpha value is 0.170. The number of hydrogen-bond donors (Lipinski definition) is 0. The number of benzene rings is 1. The van der Waals surface area contributed by atoms with Gasteiger partial charge in [-0.25, -0.2) is 0 Å². The van der Waals surface area contributed by atoms with Gasteiger partial charge in [-0.1, -0.05) is 22.0 Å². The lowest BCUT2D eigenvalue weighted by Crippen LogP contribution is -1.93. The largest absolute Gasteiger partial charge is 0.131 e. The highest BCUT2D eigenvalue weighted by atomic mass is 79.9. The summed E-state index contributed by atoms with van der Waals surface area (Å²) in [5.74, 6) is 0. The van der Waals surface area contributed by atoms with E-state index in [0.717, 1.165) is 8.26 Å². The minimum Gasteiger partial charge on any atom is -0.131 e. The summed E-state index contributed by atoms with van der Waals surface area (Å²) in [6.45, 7) is 2.08. The Kier molecular flexibility index (Phi) is 4.11. The van der Waals surface area contributed by atoms with E-state index in [1.807, 2.05) is 12.1 Å². The van der Waals surface area contributed by atoms with E-state index in [2.05, 4.69) is 57.0 Å². The molecule has 1 heterocycles. The second kappa shape index (κ2) is 5.21. The summed E-state index contributed by atoms with van der Waals surface area (Å²) in [7, 11) is 0. The van der Waals surface area contributed by atoms with Crippen LogP contribution >= 0.6 is 54.8 Å². The third-order valence-corrected chi connectivity index (χ3v) is 5.13. The Bertz CT molecular complexity index is 507. The lowest BCUT2D eigenvalue weighted by atomic mass is 10.0. The highest BCUT2D eigenvalue weighted by Crippen LogP contribution is 2.37. The normalized spacial score (nSPS) is 12.8. The summed E-state index contributed by atoms with van der Waals surface area (Å²) in [5.41, 5.74) is 2.37. The molecule has 0 aliphatic carbocycles. The van der Waals surface area contributed by atoms with E-state index in [4.69, 9.17) is 11.6 Å². The van der Waals surface area contributed by atoms with Crippen LogP contribution in [-0.4, -0.2) is 0 Å². The van der Waals surface area contributed by atoms with E-state index in [-0.39, 0.29) is 5.38 Å². The fraction of sp³-hybridized carbons (Fsp3) is 0.167. The molecule has 0 nitrogen and oxygen atoms in total. The first-order valence-electron chi connectivity index (χ1n) is 4.73. The van der Waals surface area contributed by atoms with Crippen molar-refractivity contribution in [3.05, 3.63) is 54.6 Å². The molecule has 0 fully saturated rings. The lowest BCUT2D eigenvalue weighted by Gasteiger charge is -2.11.